The van der Waals surface area contributed by atoms with Crippen molar-refractivity contribution in [3.63, 3.8) is 0 Å². The molecule has 0 spiro atoms. The average molecular weight is 250 g/mol. The fourth-order valence-corrected chi connectivity index (χ4v) is 1.96. The highest BCUT2D eigenvalue weighted by molar-refractivity contribution is 5.92. The molecule has 1 fully saturated rings. The van der Waals surface area contributed by atoms with Gasteiger partial charge in [0.15, 0.2) is 0 Å². The van der Waals surface area contributed by atoms with Crippen LogP contribution in [0.1, 0.15) is 10.5 Å². The molecule has 18 heavy (non-hydrogen) atoms. The van der Waals surface area contributed by atoms with E-state index in [1.54, 1.807) is 19.3 Å². The first kappa shape index (κ1) is 12.8. The van der Waals surface area contributed by atoms with Crippen molar-refractivity contribution < 1.29 is 9.53 Å². The summed E-state index contributed by atoms with van der Waals surface area (Å²) in [5.74, 6) is -0.180. The molecule has 0 radical (unpaired) electrons. The molecular formula is C12H18N4O2. The fraction of sp³-hybridized carbons (Fsp3) is 0.500. The maximum atomic E-state index is 11.5. The molecule has 1 amide bonds. The van der Waals surface area contributed by atoms with E-state index in [1.807, 2.05) is 6.07 Å². The highest BCUT2D eigenvalue weighted by atomic mass is 16.5. The third kappa shape index (κ3) is 2.77. The quantitative estimate of drug-likeness (QED) is 0.763. The molecule has 6 nitrogen and oxygen atoms in total. The zero-order valence-electron chi connectivity index (χ0n) is 10.4. The maximum Gasteiger partial charge on any atom is 0.269 e. The number of morpholine rings is 1. The third-order valence-corrected chi connectivity index (χ3v) is 2.97. The Morgan fingerprint density at radius 3 is 3.28 bits per heavy atom. The van der Waals surface area contributed by atoms with E-state index in [9.17, 15) is 4.79 Å². The Balaban J connectivity index is 2.15. The first-order valence-corrected chi connectivity index (χ1v) is 5.99. The van der Waals surface area contributed by atoms with Crippen molar-refractivity contribution >= 4 is 11.6 Å². The van der Waals surface area contributed by atoms with Crippen LogP contribution in [0.25, 0.3) is 0 Å². The Bertz CT molecular complexity index is 424. The topological polar surface area (TPSA) is 80.5 Å². The van der Waals surface area contributed by atoms with E-state index in [1.165, 1.54) is 0 Å². The lowest BCUT2D eigenvalue weighted by Gasteiger charge is -2.34. The van der Waals surface area contributed by atoms with Crippen molar-refractivity contribution in [1.82, 2.24) is 10.3 Å². The molecule has 1 atom stereocenters. The summed E-state index contributed by atoms with van der Waals surface area (Å²) in [7, 11) is 1.59. The van der Waals surface area contributed by atoms with Crippen molar-refractivity contribution in [3.05, 3.63) is 24.0 Å². The number of ether oxygens (including phenoxy) is 1. The molecule has 2 rings (SSSR count). The Labute approximate surface area is 106 Å². The molecule has 1 aromatic rings. The highest BCUT2D eigenvalue weighted by Gasteiger charge is 2.20. The van der Waals surface area contributed by atoms with E-state index < -0.39 is 0 Å². The molecule has 98 valence electrons. The lowest BCUT2D eigenvalue weighted by molar-refractivity contribution is 0.0465. The number of carbonyl (C=O) groups excluding carboxylic acids is 1. The van der Waals surface area contributed by atoms with E-state index in [4.69, 9.17) is 10.5 Å². The van der Waals surface area contributed by atoms with Crippen LogP contribution in [-0.4, -0.2) is 50.3 Å². The first-order valence-electron chi connectivity index (χ1n) is 5.99. The molecule has 6 heteroatoms. The minimum absolute atomic E-state index is 0.0513. The zero-order valence-corrected chi connectivity index (χ0v) is 10.4. The van der Waals surface area contributed by atoms with Crippen LogP contribution < -0.4 is 16.0 Å². The zero-order chi connectivity index (χ0) is 13.0. The highest BCUT2D eigenvalue weighted by Crippen LogP contribution is 2.17. The van der Waals surface area contributed by atoms with Gasteiger partial charge in [-0.25, -0.2) is 0 Å². The second-order valence-corrected chi connectivity index (χ2v) is 4.15. The Morgan fingerprint density at radius 2 is 2.56 bits per heavy atom. The number of anilines is 1. The number of hydrogen-bond donors (Lipinski definition) is 2. The molecule has 0 aromatic carbocycles. The van der Waals surface area contributed by atoms with Gasteiger partial charge in [0.2, 0.25) is 0 Å². The van der Waals surface area contributed by atoms with Crippen LogP contribution in [0.2, 0.25) is 0 Å². The summed E-state index contributed by atoms with van der Waals surface area (Å²) >= 11 is 0. The average Bonchev–Trinajstić information content (AvgIpc) is 2.46. The van der Waals surface area contributed by atoms with Gasteiger partial charge in [0.1, 0.15) is 5.69 Å². The molecule has 1 saturated heterocycles. The van der Waals surface area contributed by atoms with Gasteiger partial charge in [0.05, 0.1) is 12.7 Å². The molecular weight excluding hydrogens is 232 g/mol. The van der Waals surface area contributed by atoms with Crippen LogP contribution in [0, 0.1) is 0 Å². The SMILES string of the molecule is CNC(=O)c1cc(N2CCOC(CN)C2)ccn1. The lowest BCUT2D eigenvalue weighted by Crippen LogP contribution is -2.45. The van der Waals surface area contributed by atoms with Gasteiger partial charge >= 0.3 is 0 Å². The number of nitrogens with two attached hydrogens (primary N) is 1. The fourth-order valence-electron chi connectivity index (χ4n) is 1.96. The molecule has 1 aliphatic heterocycles. The Hall–Kier alpha value is -1.66. The van der Waals surface area contributed by atoms with Crippen LogP contribution >= 0.6 is 0 Å². The van der Waals surface area contributed by atoms with Crippen molar-refractivity contribution in [2.45, 2.75) is 6.10 Å². The molecule has 3 N–H and O–H groups in total. The minimum atomic E-state index is -0.180. The van der Waals surface area contributed by atoms with Gasteiger partial charge < -0.3 is 20.7 Å². The Morgan fingerprint density at radius 1 is 1.72 bits per heavy atom. The number of carbonyl (C=O) groups is 1. The van der Waals surface area contributed by atoms with E-state index in [0.717, 1.165) is 18.8 Å². The number of aromatic nitrogens is 1. The summed E-state index contributed by atoms with van der Waals surface area (Å²) in [4.78, 5) is 17.7. The number of nitrogens with one attached hydrogen (secondary N) is 1. The number of amides is 1. The summed E-state index contributed by atoms with van der Waals surface area (Å²) in [5.41, 5.74) is 7.01. The monoisotopic (exact) mass is 250 g/mol. The second-order valence-electron chi connectivity index (χ2n) is 4.15. The van der Waals surface area contributed by atoms with Gasteiger partial charge in [-0.3, -0.25) is 9.78 Å². The summed E-state index contributed by atoms with van der Waals surface area (Å²) in [6.07, 6.45) is 1.70. The maximum absolute atomic E-state index is 11.5. The van der Waals surface area contributed by atoms with E-state index in [-0.39, 0.29) is 12.0 Å². The lowest BCUT2D eigenvalue weighted by atomic mass is 10.2. The molecule has 0 saturated carbocycles. The summed E-state index contributed by atoms with van der Waals surface area (Å²) in [6, 6.07) is 3.68. The van der Waals surface area contributed by atoms with Crippen molar-refractivity contribution in [3.8, 4) is 0 Å². The van der Waals surface area contributed by atoms with Crippen molar-refractivity contribution in [1.29, 1.82) is 0 Å². The Kier molecular flexibility index (Phi) is 4.11. The molecule has 1 aromatic heterocycles. The molecule has 1 aliphatic rings. The van der Waals surface area contributed by atoms with Crippen molar-refractivity contribution in [2.75, 3.05) is 38.2 Å². The smallest absolute Gasteiger partial charge is 0.269 e. The number of rotatable bonds is 3. The minimum Gasteiger partial charge on any atom is -0.373 e. The second kappa shape index (κ2) is 5.79. The number of nitrogens with zero attached hydrogens (tertiary/aromatic N) is 2. The molecule has 2 heterocycles. The van der Waals surface area contributed by atoms with Gasteiger partial charge in [0, 0.05) is 38.6 Å². The van der Waals surface area contributed by atoms with Crippen LogP contribution in [0.5, 0.6) is 0 Å². The van der Waals surface area contributed by atoms with Gasteiger partial charge in [-0.05, 0) is 12.1 Å². The normalized spacial score (nSPS) is 19.7. The summed E-state index contributed by atoms with van der Waals surface area (Å²) in [5, 5.41) is 2.57. The molecule has 0 bridgehead atoms. The first-order chi connectivity index (χ1) is 8.74. The predicted octanol–water partition coefficient (Wildman–Crippen LogP) is -0.395. The van der Waals surface area contributed by atoms with Crippen LogP contribution in [0.3, 0.4) is 0 Å². The molecule has 1 unspecified atom stereocenters. The predicted molar refractivity (Wildman–Crippen MR) is 68.6 cm³/mol. The third-order valence-electron chi connectivity index (χ3n) is 2.97. The van der Waals surface area contributed by atoms with E-state index in [0.29, 0.717) is 18.8 Å². The van der Waals surface area contributed by atoms with Crippen LogP contribution in [0.15, 0.2) is 18.3 Å². The van der Waals surface area contributed by atoms with Gasteiger partial charge in [0.25, 0.3) is 5.91 Å². The van der Waals surface area contributed by atoms with Crippen LogP contribution in [0.4, 0.5) is 5.69 Å². The summed E-state index contributed by atoms with van der Waals surface area (Å²) < 4.78 is 5.52. The standard InChI is InChI=1S/C12H18N4O2/c1-14-12(17)11-6-9(2-3-15-11)16-4-5-18-10(7-13)8-16/h2-3,6,10H,4-5,7-8,13H2,1H3,(H,14,17). The van der Waals surface area contributed by atoms with Gasteiger partial charge in [-0.15, -0.1) is 0 Å². The van der Waals surface area contributed by atoms with Gasteiger partial charge in [-0.1, -0.05) is 0 Å². The number of pyridine rings is 1. The van der Waals surface area contributed by atoms with E-state index in [2.05, 4.69) is 15.2 Å². The number of hydrogen-bond acceptors (Lipinski definition) is 5. The largest absolute Gasteiger partial charge is 0.373 e. The van der Waals surface area contributed by atoms with Gasteiger partial charge in [-0.2, -0.15) is 0 Å². The van der Waals surface area contributed by atoms with Crippen LogP contribution in [-0.2, 0) is 4.74 Å². The van der Waals surface area contributed by atoms with Crippen molar-refractivity contribution in [2.24, 2.45) is 5.73 Å². The summed E-state index contributed by atoms with van der Waals surface area (Å²) in [6.45, 7) is 2.70. The van der Waals surface area contributed by atoms with E-state index >= 15 is 0 Å². The molecule has 0 aliphatic carbocycles.